The van der Waals surface area contributed by atoms with E-state index in [-0.39, 0.29) is 36.2 Å². The predicted octanol–water partition coefficient (Wildman–Crippen LogP) is 5.02. The Balaban J connectivity index is 0.768. The number of benzene rings is 3. The number of piperazine rings is 1. The van der Waals surface area contributed by atoms with Crippen LogP contribution in [0.15, 0.2) is 60.7 Å². The van der Waals surface area contributed by atoms with Crippen molar-refractivity contribution in [2.45, 2.75) is 76.2 Å². The number of phenolic OH excluding ortho intramolecular Hbond substituents is 1. The molecule has 1 saturated carbocycles. The standard InChI is InChI=1S/C42H49N5O5/c48-34-9-11-35-31(23-34)26-52-40(29-2-1-3-29)39(35)28-4-6-32(7-5-28)45-16-14-27(15-17-45)24-44-18-20-46(21-19-44)33-8-10-36-30(22-33)25-47(42(36)51)37-12-13-38(49)43-41(37)50/h4-11,22-23,27,29,37,39-40,48H,1-3,12-21,24-26H2,(H,43,49,50)/t37-,39-,40-/m0/s1. The van der Waals surface area contributed by atoms with Crippen LogP contribution in [-0.4, -0.2) is 90.6 Å². The Kier molecular flexibility index (Phi) is 8.91. The van der Waals surface area contributed by atoms with Crippen LogP contribution in [0.2, 0.25) is 0 Å². The fourth-order valence-electron chi connectivity index (χ4n) is 9.60. The van der Waals surface area contributed by atoms with E-state index in [1.165, 1.54) is 48.9 Å². The van der Waals surface area contributed by atoms with Crippen LogP contribution < -0.4 is 15.1 Å². The topological polar surface area (TPSA) is 106 Å². The SMILES string of the molecule is O=C1CC[C@H](N2Cc3cc(N4CCN(CC5CCN(c6ccc([C@H]7c8ccc(O)cc8CO[C@H]7C7CCC7)cc6)CC5)CC4)ccc3C2=O)C(=O)N1. The number of imide groups is 1. The lowest BCUT2D eigenvalue weighted by atomic mass is 9.71. The van der Waals surface area contributed by atoms with Crippen LogP contribution in [0.4, 0.5) is 11.4 Å². The molecule has 272 valence electrons. The minimum atomic E-state index is -0.584. The van der Waals surface area contributed by atoms with E-state index in [2.05, 4.69) is 56.4 Å². The minimum absolute atomic E-state index is 0.121. The summed E-state index contributed by atoms with van der Waals surface area (Å²) in [4.78, 5) is 46.4. The Hall–Kier alpha value is -4.41. The monoisotopic (exact) mass is 703 g/mol. The summed E-state index contributed by atoms with van der Waals surface area (Å²) in [7, 11) is 0. The lowest BCUT2D eigenvalue weighted by Crippen LogP contribution is -2.52. The molecular formula is C42H49N5O5. The maximum atomic E-state index is 13.1. The second-order valence-corrected chi connectivity index (χ2v) is 15.9. The van der Waals surface area contributed by atoms with Crippen LogP contribution in [0.1, 0.15) is 83.5 Å². The minimum Gasteiger partial charge on any atom is -0.508 e. The smallest absolute Gasteiger partial charge is 0.255 e. The van der Waals surface area contributed by atoms with Gasteiger partial charge in [0, 0.05) is 81.6 Å². The Labute approximate surface area is 305 Å². The van der Waals surface area contributed by atoms with Crippen LogP contribution in [-0.2, 0) is 27.5 Å². The lowest BCUT2D eigenvalue weighted by molar-refractivity contribution is -0.136. The van der Waals surface area contributed by atoms with E-state index in [0.717, 1.165) is 62.6 Å². The molecule has 0 spiro atoms. The molecule has 10 heteroatoms. The Morgan fingerprint density at radius 1 is 0.769 bits per heavy atom. The van der Waals surface area contributed by atoms with Gasteiger partial charge in [-0.3, -0.25) is 24.6 Å². The van der Waals surface area contributed by atoms with Gasteiger partial charge >= 0.3 is 0 Å². The van der Waals surface area contributed by atoms with Crippen molar-refractivity contribution in [3.63, 3.8) is 0 Å². The summed E-state index contributed by atoms with van der Waals surface area (Å²) in [6.07, 6.45) is 7.01. The van der Waals surface area contributed by atoms with Crippen LogP contribution in [0, 0.1) is 11.8 Å². The largest absolute Gasteiger partial charge is 0.508 e. The molecule has 0 bridgehead atoms. The number of ether oxygens (including phenoxy) is 1. The predicted molar refractivity (Wildman–Crippen MR) is 198 cm³/mol. The van der Waals surface area contributed by atoms with Crippen molar-refractivity contribution in [3.05, 3.63) is 88.5 Å². The number of nitrogens with one attached hydrogen (secondary N) is 1. The van der Waals surface area contributed by atoms with Gasteiger partial charge in [0.05, 0.1) is 12.7 Å². The fourth-order valence-corrected chi connectivity index (χ4v) is 9.60. The molecule has 3 saturated heterocycles. The average Bonchev–Trinajstić information content (AvgIpc) is 3.46. The van der Waals surface area contributed by atoms with Crippen molar-refractivity contribution in [3.8, 4) is 5.75 Å². The number of hydrogen-bond donors (Lipinski definition) is 2. The molecule has 0 radical (unpaired) electrons. The molecule has 3 aromatic carbocycles. The van der Waals surface area contributed by atoms with Crippen molar-refractivity contribution >= 4 is 29.1 Å². The summed E-state index contributed by atoms with van der Waals surface area (Å²) in [5, 5.41) is 12.5. The number of carbonyl (C=O) groups is 3. The van der Waals surface area contributed by atoms with Crippen LogP contribution in [0.5, 0.6) is 5.75 Å². The van der Waals surface area contributed by atoms with Crippen LogP contribution >= 0.6 is 0 Å². The molecule has 5 aliphatic heterocycles. The first-order valence-electron chi connectivity index (χ1n) is 19.4. The van der Waals surface area contributed by atoms with Gasteiger partial charge in [-0.25, -0.2) is 0 Å². The second kappa shape index (κ2) is 13.9. The van der Waals surface area contributed by atoms with Gasteiger partial charge in [0.2, 0.25) is 11.8 Å². The third kappa shape index (κ3) is 6.34. The molecule has 0 unspecified atom stereocenters. The number of hydrogen-bond acceptors (Lipinski definition) is 8. The number of fused-ring (bicyclic) bond motifs is 2. The molecule has 9 rings (SSSR count). The first-order valence-corrected chi connectivity index (χ1v) is 19.4. The van der Waals surface area contributed by atoms with Gasteiger partial charge in [-0.2, -0.15) is 0 Å². The Morgan fingerprint density at radius 3 is 2.25 bits per heavy atom. The van der Waals surface area contributed by atoms with Crippen LogP contribution in [0.3, 0.4) is 0 Å². The van der Waals surface area contributed by atoms with E-state index in [0.29, 0.717) is 42.7 Å². The molecule has 10 nitrogen and oxygen atoms in total. The molecule has 1 aliphatic carbocycles. The van der Waals surface area contributed by atoms with Gasteiger partial charge in [-0.05, 0) is 109 Å². The van der Waals surface area contributed by atoms with E-state index < -0.39 is 6.04 Å². The number of rotatable bonds is 7. The summed E-state index contributed by atoms with van der Waals surface area (Å²) in [5.41, 5.74) is 7.78. The van der Waals surface area contributed by atoms with Crippen molar-refractivity contribution < 1.29 is 24.2 Å². The number of nitrogens with zero attached hydrogens (tertiary/aromatic N) is 4. The molecule has 2 N–H and O–H groups in total. The van der Waals surface area contributed by atoms with Crippen LogP contribution in [0.25, 0.3) is 0 Å². The summed E-state index contributed by atoms with van der Waals surface area (Å²) in [6, 6.07) is 20.5. The van der Waals surface area contributed by atoms with Gasteiger partial charge < -0.3 is 24.5 Å². The molecule has 3 atom stereocenters. The Morgan fingerprint density at radius 2 is 1.52 bits per heavy atom. The zero-order valence-corrected chi connectivity index (χ0v) is 29.8. The second-order valence-electron chi connectivity index (χ2n) is 15.9. The third-order valence-corrected chi connectivity index (χ3v) is 12.8. The highest BCUT2D eigenvalue weighted by molar-refractivity contribution is 6.05. The van der Waals surface area contributed by atoms with Crippen molar-refractivity contribution in [2.24, 2.45) is 11.8 Å². The molecule has 4 fully saturated rings. The summed E-state index contributed by atoms with van der Waals surface area (Å²) >= 11 is 0. The van der Waals surface area contributed by atoms with Gasteiger partial charge in [0.15, 0.2) is 0 Å². The maximum absolute atomic E-state index is 13.1. The number of aromatic hydroxyl groups is 1. The molecule has 3 amide bonds. The zero-order chi connectivity index (χ0) is 35.3. The normalized spacial score (nSPS) is 25.9. The molecule has 3 aromatic rings. The molecule has 5 heterocycles. The quantitative estimate of drug-likeness (QED) is 0.331. The van der Waals surface area contributed by atoms with Gasteiger partial charge in [0.1, 0.15) is 11.8 Å². The number of piperidine rings is 2. The summed E-state index contributed by atoms with van der Waals surface area (Å²) in [6.45, 7) is 8.23. The highest BCUT2D eigenvalue weighted by Crippen LogP contribution is 2.46. The first-order chi connectivity index (χ1) is 25.4. The lowest BCUT2D eigenvalue weighted by Gasteiger charge is -2.42. The van der Waals surface area contributed by atoms with Gasteiger partial charge in [-0.15, -0.1) is 0 Å². The van der Waals surface area contributed by atoms with E-state index in [1.54, 1.807) is 4.90 Å². The number of anilines is 2. The first kappa shape index (κ1) is 33.4. The van der Waals surface area contributed by atoms with Gasteiger partial charge in [0.25, 0.3) is 5.91 Å². The summed E-state index contributed by atoms with van der Waals surface area (Å²) in [5.74, 6) is 1.06. The zero-order valence-electron chi connectivity index (χ0n) is 29.8. The molecule has 6 aliphatic rings. The third-order valence-electron chi connectivity index (χ3n) is 12.8. The maximum Gasteiger partial charge on any atom is 0.255 e. The number of amides is 3. The van der Waals surface area contributed by atoms with Crippen molar-refractivity contribution in [1.82, 2.24) is 15.1 Å². The van der Waals surface area contributed by atoms with E-state index in [1.807, 2.05) is 24.3 Å². The number of phenols is 1. The highest BCUT2D eigenvalue weighted by Gasteiger charge is 2.41. The molecule has 0 aromatic heterocycles. The van der Waals surface area contributed by atoms with E-state index >= 15 is 0 Å². The van der Waals surface area contributed by atoms with Crippen molar-refractivity contribution in [1.29, 1.82) is 0 Å². The van der Waals surface area contributed by atoms with E-state index in [4.69, 9.17) is 4.74 Å². The van der Waals surface area contributed by atoms with Crippen molar-refractivity contribution in [2.75, 3.05) is 55.6 Å². The molecule has 52 heavy (non-hydrogen) atoms. The highest BCUT2D eigenvalue weighted by atomic mass is 16.5. The molecular weight excluding hydrogens is 654 g/mol. The fraction of sp³-hybridized carbons (Fsp3) is 0.500. The van der Waals surface area contributed by atoms with E-state index in [9.17, 15) is 19.5 Å². The Bertz CT molecular complexity index is 1840. The summed E-state index contributed by atoms with van der Waals surface area (Å²) < 4.78 is 6.47. The number of carbonyl (C=O) groups excluding carboxylic acids is 3. The average molecular weight is 704 g/mol. The van der Waals surface area contributed by atoms with Gasteiger partial charge in [-0.1, -0.05) is 24.6 Å².